The fourth-order valence-corrected chi connectivity index (χ4v) is 3.04. The van der Waals surface area contributed by atoms with E-state index in [1.807, 2.05) is 32.5 Å². The van der Waals surface area contributed by atoms with Gasteiger partial charge in [0.15, 0.2) is 0 Å². The fourth-order valence-electron chi connectivity index (χ4n) is 2.21. The lowest BCUT2D eigenvalue weighted by molar-refractivity contribution is 0.595. The zero-order valence-electron chi connectivity index (χ0n) is 12.1. The van der Waals surface area contributed by atoms with Crippen LogP contribution in [0.5, 0.6) is 0 Å². The van der Waals surface area contributed by atoms with Crippen molar-refractivity contribution in [2.45, 2.75) is 32.9 Å². The van der Waals surface area contributed by atoms with E-state index in [-0.39, 0.29) is 11.9 Å². The van der Waals surface area contributed by atoms with Crippen molar-refractivity contribution in [1.82, 2.24) is 4.98 Å². The van der Waals surface area contributed by atoms with E-state index in [9.17, 15) is 4.39 Å². The number of thiazole rings is 1. The highest BCUT2D eigenvalue weighted by Gasteiger charge is 2.15. The first-order valence-electron chi connectivity index (χ1n) is 6.62. The molecule has 0 aliphatic heterocycles. The van der Waals surface area contributed by atoms with Crippen molar-refractivity contribution in [2.75, 3.05) is 11.9 Å². The standard InChI is InChI=1S/C15H20FN3S/c1-10(17)7-12-13(16)5-4-6-14(12)19(3)8-15-11(2)18-9-20-15/h4-6,9-10H,7-8,17H2,1-3H3. The largest absolute Gasteiger partial charge is 0.369 e. The number of aromatic nitrogens is 1. The Hall–Kier alpha value is -1.46. The summed E-state index contributed by atoms with van der Waals surface area (Å²) in [7, 11) is 1.97. The Morgan fingerprint density at radius 1 is 1.45 bits per heavy atom. The Kier molecular flexibility index (Phi) is 4.73. The normalized spacial score (nSPS) is 12.4. The molecule has 1 heterocycles. The van der Waals surface area contributed by atoms with Gasteiger partial charge in [-0.05, 0) is 32.4 Å². The number of halogens is 1. The first-order valence-corrected chi connectivity index (χ1v) is 7.50. The molecule has 3 nitrogen and oxygen atoms in total. The summed E-state index contributed by atoms with van der Waals surface area (Å²) in [5.41, 5.74) is 10.3. The Morgan fingerprint density at radius 3 is 2.80 bits per heavy atom. The van der Waals surface area contributed by atoms with Crippen LogP contribution in [-0.4, -0.2) is 18.1 Å². The second-order valence-corrected chi connectivity index (χ2v) is 6.08. The van der Waals surface area contributed by atoms with E-state index in [2.05, 4.69) is 9.88 Å². The van der Waals surface area contributed by atoms with Crippen molar-refractivity contribution >= 4 is 17.0 Å². The summed E-state index contributed by atoms with van der Waals surface area (Å²) in [4.78, 5) is 7.50. The third-order valence-corrected chi connectivity index (χ3v) is 4.18. The van der Waals surface area contributed by atoms with Gasteiger partial charge in [0.2, 0.25) is 0 Å². The van der Waals surface area contributed by atoms with Crippen LogP contribution in [0.4, 0.5) is 10.1 Å². The molecule has 0 bridgehead atoms. The third-order valence-electron chi connectivity index (χ3n) is 3.26. The number of nitrogens with zero attached hydrogens (tertiary/aromatic N) is 2. The molecule has 20 heavy (non-hydrogen) atoms. The van der Waals surface area contributed by atoms with Crippen LogP contribution in [0.3, 0.4) is 0 Å². The number of aryl methyl sites for hydroxylation is 1. The van der Waals surface area contributed by atoms with Gasteiger partial charge < -0.3 is 10.6 Å². The van der Waals surface area contributed by atoms with E-state index in [0.29, 0.717) is 12.0 Å². The molecule has 2 rings (SSSR count). The molecule has 108 valence electrons. The summed E-state index contributed by atoms with van der Waals surface area (Å²) < 4.78 is 14.0. The van der Waals surface area contributed by atoms with E-state index < -0.39 is 0 Å². The molecule has 1 aromatic heterocycles. The van der Waals surface area contributed by atoms with Gasteiger partial charge in [0, 0.05) is 29.2 Å². The maximum absolute atomic E-state index is 14.0. The van der Waals surface area contributed by atoms with Gasteiger partial charge in [0.1, 0.15) is 5.82 Å². The minimum Gasteiger partial charge on any atom is -0.369 e. The van der Waals surface area contributed by atoms with Crippen LogP contribution >= 0.6 is 11.3 Å². The Morgan fingerprint density at radius 2 is 2.20 bits per heavy atom. The summed E-state index contributed by atoms with van der Waals surface area (Å²) in [6.45, 7) is 4.61. The van der Waals surface area contributed by atoms with Crippen LogP contribution in [0.2, 0.25) is 0 Å². The maximum Gasteiger partial charge on any atom is 0.128 e. The summed E-state index contributed by atoms with van der Waals surface area (Å²) in [5, 5.41) is 0. The number of hydrogen-bond donors (Lipinski definition) is 1. The van der Waals surface area contributed by atoms with Crippen molar-refractivity contribution in [3.05, 3.63) is 45.7 Å². The first kappa shape index (κ1) is 14.9. The number of rotatable bonds is 5. The molecule has 0 spiro atoms. The molecule has 5 heteroatoms. The summed E-state index contributed by atoms with van der Waals surface area (Å²) in [5.74, 6) is -0.187. The van der Waals surface area contributed by atoms with E-state index in [1.54, 1.807) is 17.4 Å². The third kappa shape index (κ3) is 3.35. The number of hydrogen-bond acceptors (Lipinski definition) is 4. The first-order chi connectivity index (χ1) is 9.49. The summed E-state index contributed by atoms with van der Waals surface area (Å²) in [6.07, 6.45) is 0.536. The number of benzene rings is 1. The van der Waals surface area contributed by atoms with Gasteiger partial charge in [-0.1, -0.05) is 6.07 Å². The molecule has 0 aliphatic rings. The highest BCUT2D eigenvalue weighted by Crippen LogP contribution is 2.26. The topological polar surface area (TPSA) is 42.2 Å². The molecule has 2 N–H and O–H groups in total. The predicted molar refractivity (Wildman–Crippen MR) is 82.7 cm³/mol. The molecule has 2 aromatic rings. The van der Waals surface area contributed by atoms with Gasteiger partial charge in [-0.25, -0.2) is 9.37 Å². The lowest BCUT2D eigenvalue weighted by Crippen LogP contribution is -2.23. The zero-order valence-corrected chi connectivity index (χ0v) is 12.9. The van der Waals surface area contributed by atoms with Gasteiger partial charge in [0.05, 0.1) is 17.7 Å². The molecule has 1 aromatic carbocycles. The average Bonchev–Trinajstić information content (AvgIpc) is 2.77. The molecule has 0 aliphatic carbocycles. The van der Waals surface area contributed by atoms with Crippen LogP contribution in [0.15, 0.2) is 23.7 Å². The second-order valence-electron chi connectivity index (χ2n) is 5.14. The van der Waals surface area contributed by atoms with E-state index >= 15 is 0 Å². The highest BCUT2D eigenvalue weighted by molar-refractivity contribution is 7.09. The minimum atomic E-state index is -0.187. The number of nitrogens with two attached hydrogens (primary N) is 1. The highest BCUT2D eigenvalue weighted by atomic mass is 32.1. The van der Waals surface area contributed by atoms with Gasteiger partial charge in [-0.15, -0.1) is 11.3 Å². The molecule has 0 radical (unpaired) electrons. The van der Waals surface area contributed by atoms with E-state index in [0.717, 1.165) is 17.9 Å². The maximum atomic E-state index is 14.0. The molecule has 1 unspecified atom stereocenters. The molecular formula is C15H20FN3S. The Labute approximate surface area is 123 Å². The second kappa shape index (κ2) is 6.33. The minimum absolute atomic E-state index is 0.0656. The zero-order chi connectivity index (χ0) is 14.7. The van der Waals surface area contributed by atoms with Gasteiger partial charge in [-0.2, -0.15) is 0 Å². The van der Waals surface area contributed by atoms with Crippen LogP contribution in [0.1, 0.15) is 23.1 Å². The van der Waals surface area contributed by atoms with Crippen LogP contribution in [-0.2, 0) is 13.0 Å². The lowest BCUT2D eigenvalue weighted by Gasteiger charge is -2.23. The van der Waals surface area contributed by atoms with Gasteiger partial charge >= 0.3 is 0 Å². The van der Waals surface area contributed by atoms with Crippen molar-refractivity contribution in [3.63, 3.8) is 0 Å². The van der Waals surface area contributed by atoms with Crippen LogP contribution in [0.25, 0.3) is 0 Å². The summed E-state index contributed by atoms with van der Waals surface area (Å²) >= 11 is 1.63. The Balaban J connectivity index is 2.27. The molecular weight excluding hydrogens is 273 g/mol. The fraction of sp³-hybridized carbons (Fsp3) is 0.400. The van der Waals surface area contributed by atoms with E-state index in [4.69, 9.17) is 5.73 Å². The SMILES string of the molecule is Cc1ncsc1CN(C)c1cccc(F)c1CC(C)N. The Bertz CT molecular complexity index is 580. The smallest absolute Gasteiger partial charge is 0.128 e. The van der Waals surface area contributed by atoms with Crippen molar-refractivity contribution < 1.29 is 4.39 Å². The lowest BCUT2D eigenvalue weighted by atomic mass is 10.0. The molecule has 0 saturated carbocycles. The van der Waals surface area contributed by atoms with E-state index in [1.165, 1.54) is 10.9 Å². The van der Waals surface area contributed by atoms with Gasteiger partial charge in [0.25, 0.3) is 0 Å². The monoisotopic (exact) mass is 293 g/mol. The molecule has 0 fully saturated rings. The summed E-state index contributed by atoms with van der Waals surface area (Å²) in [6, 6.07) is 5.11. The van der Waals surface area contributed by atoms with Gasteiger partial charge in [-0.3, -0.25) is 0 Å². The van der Waals surface area contributed by atoms with Crippen LogP contribution < -0.4 is 10.6 Å². The number of anilines is 1. The van der Waals surface area contributed by atoms with Crippen LogP contribution in [0, 0.1) is 12.7 Å². The molecule has 0 amide bonds. The van der Waals surface area contributed by atoms with Crippen molar-refractivity contribution in [3.8, 4) is 0 Å². The molecule has 1 atom stereocenters. The van der Waals surface area contributed by atoms with Crippen molar-refractivity contribution in [1.29, 1.82) is 0 Å². The molecule has 0 saturated heterocycles. The van der Waals surface area contributed by atoms with Crippen molar-refractivity contribution in [2.24, 2.45) is 5.73 Å². The predicted octanol–water partition coefficient (Wildman–Crippen LogP) is 3.12. The quantitative estimate of drug-likeness (QED) is 0.921. The average molecular weight is 293 g/mol.